The summed E-state index contributed by atoms with van der Waals surface area (Å²) in [6, 6.07) is -0.151. The minimum Gasteiger partial charge on any atom is -0.270 e. The van der Waals surface area contributed by atoms with E-state index in [0.717, 1.165) is 35.7 Å². The monoisotopic (exact) mass is 267 g/mol. The minimum atomic E-state index is -0.151. The predicted octanol–water partition coefficient (Wildman–Crippen LogP) is 0.655. The van der Waals surface area contributed by atoms with E-state index in [0.29, 0.717) is 0 Å². The molecule has 0 aliphatic rings. The number of hydrogen-bond acceptors (Lipinski definition) is 7. The molecule has 0 aromatic carbocycles. The van der Waals surface area contributed by atoms with Crippen LogP contribution in [0, 0.1) is 0 Å². The molecule has 0 aliphatic carbocycles. The van der Waals surface area contributed by atoms with Gasteiger partial charge in [-0.05, 0) is 24.4 Å². The van der Waals surface area contributed by atoms with Gasteiger partial charge in [-0.25, -0.2) is 10.1 Å². The van der Waals surface area contributed by atoms with Crippen molar-refractivity contribution >= 4 is 11.5 Å². The highest BCUT2D eigenvalue weighted by Crippen LogP contribution is 2.26. The van der Waals surface area contributed by atoms with Gasteiger partial charge in [0, 0.05) is 6.54 Å². The highest BCUT2D eigenvalue weighted by Gasteiger charge is 2.23. The lowest BCUT2D eigenvalue weighted by molar-refractivity contribution is 0.513. The molecule has 2 heterocycles. The van der Waals surface area contributed by atoms with E-state index < -0.39 is 0 Å². The number of nitrogens with two attached hydrogens (primary N) is 1. The Bertz CT molecular complexity index is 492. The predicted molar refractivity (Wildman–Crippen MR) is 68.8 cm³/mol. The molecule has 18 heavy (non-hydrogen) atoms. The van der Waals surface area contributed by atoms with Gasteiger partial charge in [-0.3, -0.25) is 5.84 Å². The highest BCUT2D eigenvalue weighted by atomic mass is 32.1. The van der Waals surface area contributed by atoms with Crippen LogP contribution in [0.4, 0.5) is 0 Å². The molecule has 0 radical (unpaired) electrons. The Kier molecular flexibility index (Phi) is 4.34. The molecule has 1 atom stereocenters. The lowest BCUT2D eigenvalue weighted by Gasteiger charge is -2.15. The lowest BCUT2D eigenvalue weighted by Crippen LogP contribution is -2.30. The van der Waals surface area contributed by atoms with Crippen LogP contribution in [0.25, 0.3) is 0 Å². The van der Waals surface area contributed by atoms with Crippen LogP contribution >= 0.6 is 11.5 Å². The minimum absolute atomic E-state index is 0.151. The van der Waals surface area contributed by atoms with Crippen molar-refractivity contribution in [2.24, 2.45) is 5.84 Å². The van der Waals surface area contributed by atoms with Crippen molar-refractivity contribution in [3.05, 3.63) is 22.5 Å². The van der Waals surface area contributed by atoms with Gasteiger partial charge in [0.25, 0.3) is 0 Å². The number of nitrogens with one attached hydrogen (secondary N) is 1. The van der Waals surface area contributed by atoms with Crippen molar-refractivity contribution in [1.29, 1.82) is 0 Å². The zero-order chi connectivity index (χ0) is 13.0. The summed E-state index contributed by atoms with van der Waals surface area (Å²) >= 11 is 1.36. The summed E-state index contributed by atoms with van der Waals surface area (Å²) in [4.78, 5) is 1.03. The van der Waals surface area contributed by atoms with E-state index in [4.69, 9.17) is 5.84 Å². The Labute approximate surface area is 110 Å². The maximum absolute atomic E-state index is 5.68. The second kappa shape index (κ2) is 5.98. The number of aryl methyl sites for hydroxylation is 2. The van der Waals surface area contributed by atoms with Gasteiger partial charge >= 0.3 is 0 Å². The Balaban J connectivity index is 2.36. The van der Waals surface area contributed by atoms with Crippen molar-refractivity contribution in [2.45, 2.75) is 39.3 Å². The van der Waals surface area contributed by atoms with Gasteiger partial charge in [-0.2, -0.15) is 0 Å². The summed E-state index contributed by atoms with van der Waals surface area (Å²) in [6.45, 7) is 4.97. The first kappa shape index (κ1) is 13.1. The van der Waals surface area contributed by atoms with E-state index in [1.54, 1.807) is 6.20 Å². The summed E-state index contributed by atoms with van der Waals surface area (Å²) in [5.74, 6) is 5.68. The summed E-state index contributed by atoms with van der Waals surface area (Å²) in [5, 5.41) is 12.1. The molecule has 0 spiro atoms. The third-order valence-electron chi connectivity index (χ3n) is 2.73. The smallest absolute Gasteiger partial charge is 0.102 e. The van der Waals surface area contributed by atoms with Gasteiger partial charge in [0.05, 0.1) is 22.5 Å². The van der Waals surface area contributed by atoms with Gasteiger partial charge in [0.1, 0.15) is 6.04 Å². The molecule has 1 unspecified atom stereocenters. The highest BCUT2D eigenvalue weighted by molar-refractivity contribution is 7.05. The van der Waals surface area contributed by atoms with Gasteiger partial charge in [0.15, 0.2) is 0 Å². The molecule has 0 aliphatic heterocycles. The standard InChI is InChI=1S/C10H17N7S/c1-3-5-17-8(6-12-15-17)9(13-11)10-7(4-2)14-16-18-10/h6,9,13H,3-5,11H2,1-2H3. The van der Waals surface area contributed by atoms with Crippen LogP contribution in [-0.2, 0) is 13.0 Å². The molecule has 2 aromatic heterocycles. The first-order valence-electron chi connectivity index (χ1n) is 5.97. The van der Waals surface area contributed by atoms with Gasteiger partial charge in [-0.15, -0.1) is 10.2 Å². The third-order valence-corrected chi connectivity index (χ3v) is 3.56. The normalized spacial score (nSPS) is 12.8. The fraction of sp³-hybridized carbons (Fsp3) is 0.600. The first-order chi connectivity index (χ1) is 8.81. The van der Waals surface area contributed by atoms with Crippen LogP contribution in [-0.4, -0.2) is 24.6 Å². The van der Waals surface area contributed by atoms with Crippen molar-refractivity contribution in [3.63, 3.8) is 0 Å². The molecule has 8 heteroatoms. The Morgan fingerprint density at radius 3 is 3.00 bits per heavy atom. The Hall–Kier alpha value is -1.38. The number of hydrogen-bond donors (Lipinski definition) is 2. The molecule has 0 saturated carbocycles. The number of aromatic nitrogens is 5. The molecule has 0 fully saturated rings. The quantitative estimate of drug-likeness (QED) is 0.589. The molecule has 3 N–H and O–H groups in total. The SMILES string of the molecule is CCCn1nncc1C(NN)c1snnc1CC. The van der Waals surface area contributed by atoms with E-state index in [2.05, 4.69) is 39.2 Å². The van der Waals surface area contributed by atoms with Crippen molar-refractivity contribution in [2.75, 3.05) is 0 Å². The molecular formula is C10H17N7S. The molecular weight excluding hydrogens is 250 g/mol. The Morgan fingerprint density at radius 1 is 1.50 bits per heavy atom. The summed E-state index contributed by atoms with van der Waals surface area (Å²) in [5.41, 5.74) is 4.72. The number of rotatable bonds is 6. The zero-order valence-corrected chi connectivity index (χ0v) is 11.3. The van der Waals surface area contributed by atoms with Gasteiger partial charge in [0.2, 0.25) is 0 Å². The fourth-order valence-corrected chi connectivity index (χ4v) is 2.66. The van der Waals surface area contributed by atoms with E-state index in [1.807, 2.05) is 4.68 Å². The van der Waals surface area contributed by atoms with E-state index >= 15 is 0 Å². The molecule has 0 amide bonds. The summed E-state index contributed by atoms with van der Waals surface area (Å²) in [6.07, 6.45) is 3.56. The molecule has 0 saturated heterocycles. The molecule has 2 rings (SSSR count). The van der Waals surface area contributed by atoms with E-state index in [-0.39, 0.29) is 6.04 Å². The van der Waals surface area contributed by atoms with Crippen LogP contribution in [0.5, 0.6) is 0 Å². The van der Waals surface area contributed by atoms with Gasteiger partial charge < -0.3 is 0 Å². The summed E-state index contributed by atoms with van der Waals surface area (Å²) in [7, 11) is 0. The zero-order valence-electron chi connectivity index (χ0n) is 10.5. The maximum atomic E-state index is 5.68. The average molecular weight is 267 g/mol. The van der Waals surface area contributed by atoms with E-state index in [9.17, 15) is 0 Å². The molecule has 98 valence electrons. The third kappa shape index (κ3) is 2.40. The second-order valence-electron chi connectivity index (χ2n) is 3.92. The second-order valence-corrected chi connectivity index (χ2v) is 4.70. The van der Waals surface area contributed by atoms with E-state index in [1.165, 1.54) is 11.5 Å². The Morgan fingerprint density at radius 2 is 2.33 bits per heavy atom. The summed E-state index contributed by atoms with van der Waals surface area (Å²) < 4.78 is 5.86. The van der Waals surface area contributed by atoms with Crippen LogP contribution in [0.1, 0.15) is 42.6 Å². The number of hydrazine groups is 1. The molecule has 2 aromatic rings. The van der Waals surface area contributed by atoms with Crippen LogP contribution < -0.4 is 11.3 Å². The van der Waals surface area contributed by atoms with Gasteiger partial charge in [-0.1, -0.05) is 23.5 Å². The average Bonchev–Trinajstić information content (AvgIpc) is 3.01. The first-order valence-corrected chi connectivity index (χ1v) is 6.74. The number of nitrogens with zero attached hydrogens (tertiary/aromatic N) is 5. The molecule has 7 nitrogen and oxygen atoms in total. The largest absolute Gasteiger partial charge is 0.270 e. The van der Waals surface area contributed by atoms with Crippen LogP contribution in [0.15, 0.2) is 6.20 Å². The maximum Gasteiger partial charge on any atom is 0.102 e. The van der Waals surface area contributed by atoms with Crippen LogP contribution in [0.3, 0.4) is 0 Å². The van der Waals surface area contributed by atoms with Crippen molar-refractivity contribution < 1.29 is 0 Å². The lowest BCUT2D eigenvalue weighted by atomic mass is 10.1. The molecule has 0 bridgehead atoms. The van der Waals surface area contributed by atoms with Crippen LogP contribution in [0.2, 0.25) is 0 Å². The topological polar surface area (TPSA) is 94.5 Å². The van der Waals surface area contributed by atoms with Crippen molar-refractivity contribution in [1.82, 2.24) is 30.0 Å². The fourth-order valence-electron chi connectivity index (χ4n) is 1.85. The van der Waals surface area contributed by atoms with Crippen molar-refractivity contribution in [3.8, 4) is 0 Å².